The van der Waals surface area contributed by atoms with Gasteiger partial charge in [-0.2, -0.15) is 0 Å². The van der Waals surface area contributed by atoms with Gasteiger partial charge in [0.25, 0.3) is 0 Å². The number of hydrogen-bond donors (Lipinski definition) is 0. The molecule has 0 aliphatic carbocycles. The van der Waals surface area contributed by atoms with Crippen molar-refractivity contribution in [2.45, 2.75) is 6.54 Å². The molecule has 0 spiro atoms. The third-order valence-corrected chi connectivity index (χ3v) is 4.20. The predicted molar refractivity (Wildman–Crippen MR) is 95.0 cm³/mol. The lowest BCUT2D eigenvalue weighted by Crippen LogP contribution is -2.27. The van der Waals surface area contributed by atoms with Crippen molar-refractivity contribution in [3.05, 3.63) is 54.4 Å². The van der Waals surface area contributed by atoms with Gasteiger partial charge in [0.15, 0.2) is 11.5 Å². The van der Waals surface area contributed by atoms with Gasteiger partial charge >= 0.3 is 0 Å². The van der Waals surface area contributed by atoms with E-state index < -0.39 is 0 Å². The number of nitrogens with zero attached hydrogens (tertiary/aromatic N) is 3. The van der Waals surface area contributed by atoms with E-state index in [-0.39, 0.29) is 6.79 Å². The summed E-state index contributed by atoms with van der Waals surface area (Å²) in [7, 11) is 1.71. The minimum atomic E-state index is 0.280. The fourth-order valence-electron chi connectivity index (χ4n) is 2.96. The molecular weight excluding hydrogens is 318 g/mol. The highest BCUT2D eigenvalue weighted by Gasteiger charge is 2.17. The van der Waals surface area contributed by atoms with Crippen LogP contribution in [0.3, 0.4) is 0 Å². The molecule has 0 saturated carbocycles. The zero-order valence-electron chi connectivity index (χ0n) is 14.0. The minimum Gasteiger partial charge on any atom is -0.454 e. The van der Waals surface area contributed by atoms with Gasteiger partial charge in [-0.05, 0) is 29.8 Å². The predicted octanol–water partition coefficient (Wildman–Crippen LogP) is 3.01. The number of methoxy groups -OCH3 is 1. The normalized spacial score (nSPS) is 12.5. The van der Waals surface area contributed by atoms with Crippen LogP contribution in [0.1, 0.15) is 5.56 Å². The Bertz CT molecular complexity index is 879. The van der Waals surface area contributed by atoms with Gasteiger partial charge in [0.2, 0.25) is 6.79 Å². The van der Waals surface area contributed by atoms with Gasteiger partial charge in [-0.25, -0.2) is 9.97 Å². The Morgan fingerprint density at radius 1 is 1.08 bits per heavy atom. The second-order valence-corrected chi connectivity index (χ2v) is 5.82. The lowest BCUT2D eigenvalue weighted by molar-refractivity contribution is 0.174. The Balaban J connectivity index is 1.68. The Morgan fingerprint density at radius 3 is 2.88 bits per heavy atom. The molecule has 128 valence electrons. The molecule has 2 heterocycles. The van der Waals surface area contributed by atoms with Gasteiger partial charge in [0, 0.05) is 25.6 Å². The smallest absolute Gasteiger partial charge is 0.231 e. The summed E-state index contributed by atoms with van der Waals surface area (Å²) >= 11 is 0. The third kappa shape index (κ3) is 3.21. The molecule has 0 bridgehead atoms. The van der Waals surface area contributed by atoms with Crippen LogP contribution in [0.4, 0.5) is 5.82 Å². The first-order valence-electron chi connectivity index (χ1n) is 8.17. The first kappa shape index (κ1) is 15.7. The molecule has 0 atom stereocenters. The number of fused-ring (bicyclic) bond motifs is 2. The maximum absolute atomic E-state index is 5.49. The van der Waals surface area contributed by atoms with Crippen LogP contribution in [-0.4, -0.2) is 37.0 Å². The van der Waals surface area contributed by atoms with Crippen molar-refractivity contribution in [1.82, 2.24) is 9.97 Å². The zero-order chi connectivity index (χ0) is 17.1. The SMILES string of the molecule is COCCN(Cc1ccc2c(c1)OCO2)c1ncnc2ccccc12. The largest absolute Gasteiger partial charge is 0.454 e. The highest BCUT2D eigenvalue weighted by atomic mass is 16.7. The Kier molecular flexibility index (Phi) is 4.35. The quantitative estimate of drug-likeness (QED) is 0.689. The van der Waals surface area contributed by atoms with E-state index in [1.165, 1.54) is 0 Å². The molecule has 1 aromatic heterocycles. The Morgan fingerprint density at radius 2 is 1.96 bits per heavy atom. The molecule has 0 amide bonds. The maximum Gasteiger partial charge on any atom is 0.231 e. The number of hydrogen-bond acceptors (Lipinski definition) is 6. The minimum absolute atomic E-state index is 0.280. The molecular formula is C19H19N3O3. The van der Waals surface area contributed by atoms with Gasteiger partial charge < -0.3 is 19.1 Å². The van der Waals surface area contributed by atoms with Crippen LogP contribution in [0.2, 0.25) is 0 Å². The lowest BCUT2D eigenvalue weighted by atomic mass is 10.1. The van der Waals surface area contributed by atoms with E-state index >= 15 is 0 Å². The first-order chi connectivity index (χ1) is 12.3. The summed E-state index contributed by atoms with van der Waals surface area (Å²) < 4.78 is 16.2. The molecule has 0 unspecified atom stereocenters. The van der Waals surface area contributed by atoms with Crippen molar-refractivity contribution in [1.29, 1.82) is 0 Å². The average Bonchev–Trinajstić information content (AvgIpc) is 3.12. The summed E-state index contributed by atoms with van der Waals surface area (Å²) in [4.78, 5) is 11.1. The third-order valence-electron chi connectivity index (χ3n) is 4.20. The highest BCUT2D eigenvalue weighted by molar-refractivity contribution is 5.89. The van der Waals surface area contributed by atoms with Crippen molar-refractivity contribution in [3.63, 3.8) is 0 Å². The van der Waals surface area contributed by atoms with E-state index in [2.05, 4.69) is 20.9 Å². The van der Waals surface area contributed by atoms with E-state index in [1.54, 1.807) is 13.4 Å². The van der Waals surface area contributed by atoms with E-state index in [0.29, 0.717) is 13.2 Å². The molecule has 0 radical (unpaired) electrons. The molecule has 0 saturated heterocycles. The average molecular weight is 337 g/mol. The summed E-state index contributed by atoms with van der Waals surface area (Å²) in [6, 6.07) is 14.0. The number of benzene rings is 2. The van der Waals surface area contributed by atoms with Crippen LogP contribution in [0, 0.1) is 0 Å². The van der Waals surface area contributed by atoms with E-state index in [9.17, 15) is 0 Å². The standard InChI is InChI=1S/C19H19N3O3/c1-23-9-8-22(11-14-6-7-17-18(10-14)25-13-24-17)19-15-4-2-3-5-16(15)20-12-21-19/h2-7,10,12H,8-9,11,13H2,1H3. The second kappa shape index (κ2) is 6.94. The molecule has 6 heteroatoms. The number of para-hydroxylation sites is 1. The summed E-state index contributed by atoms with van der Waals surface area (Å²) in [5, 5.41) is 1.03. The zero-order valence-corrected chi connectivity index (χ0v) is 14.0. The van der Waals surface area contributed by atoms with Crippen molar-refractivity contribution < 1.29 is 14.2 Å². The van der Waals surface area contributed by atoms with Crippen LogP contribution < -0.4 is 14.4 Å². The van der Waals surface area contributed by atoms with Crippen LogP contribution in [0.5, 0.6) is 11.5 Å². The van der Waals surface area contributed by atoms with Crippen LogP contribution >= 0.6 is 0 Å². The van der Waals surface area contributed by atoms with Gasteiger partial charge in [-0.1, -0.05) is 18.2 Å². The second-order valence-electron chi connectivity index (χ2n) is 5.82. The Labute approximate surface area is 146 Å². The summed E-state index contributed by atoms with van der Waals surface area (Å²) in [5.41, 5.74) is 2.06. The van der Waals surface area contributed by atoms with E-state index in [1.807, 2.05) is 36.4 Å². The molecule has 6 nitrogen and oxygen atoms in total. The molecule has 0 N–H and O–H groups in total. The van der Waals surface area contributed by atoms with Gasteiger partial charge in [0.1, 0.15) is 12.1 Å². The lowest BCUT2D eigenvalue weighted by Gasteiger charge is -2.24. The Hall–Kier alpha value is -2.86. The fraction of sp³-hybridized carbons (Fsp3) is 0.263. The number of aromatic nitrogens is 2. The fourth-order valence-corrected chi connectivity index (χ4v) is 2.96. The van der Waals surface area contributed by atoms with E-state index in [4.69, 9.17) is 14.2 Å². The summed E-state index contributed by atoms with van der Waals surface area (Å²) in [6.07, 6.45) is 1.61. The molecule has 4 rings (SSSR count). The first-order valence-corrected chi connectivity index (χ1v) is 8.17. The van der Waals surface area contributed by atoms with Crippen LogP contribution in [-0.2, 0) is 11.3 Å². The summed E-state index contributed by atoms with van der Waals surface area (Å²) in [5.74, 6) is 2.48. The van der Waals surface area contributed by atoms with Crippen LogP contribution in [0.15, 0.2) is 48.8 Å². The number of ether oxygens (including phenoxy) is 3. The number of rotatable bonds is 6. The van der Waals surface area contributed by atoms with Crippen molar-refractivity contribution in [2.24, 2.45) is 0 Å². The molecule has 2 aromatic carbocycles. The van der Waals surface area contributed by atoms with Gasteiger partial charge in [-0.3, -0.25) is 0 Å². The maximum atomic E-state index is 5.49. The highest BCUT2D eigenvalue weighted by Crippen LogP contribution is 2.33. The van der Waals surface area contributed by atoms with Crippen LogP contribution in [0.25, 0.3) is 10.9 Å². The van der Waals surface area contributed by atoms with Crippen molar-refractivity contribution in [3.8, 4) is 11.5 Å². The van der Waals surface area contributed by atoms with Gasteiger partial charge in [-0.15, -0.1) is 0 Å². The summed E-state index contributed by atoms with van der Waals surface area (Å²) in [6.45, 7) is 2.32. The number of anilines is 1. The molecule has 1 aliphatic rings. The van der Waals surface area contributed by atoms with Gasteiger partial charge in [0.05, 0.1) is 12.1 Å². The molecule has 0 fully saturated rings. The van der Waals surface area contributed by atoms with E-state index in [0.717, 1.165) is 40.3 Å². The molecule has 3 aromatic rings. The van der Waals surface area contributed by atoms with Crippen molar-refractivity contribution >= 4 is 16.7 Å². The molecule has 1 aliphatic heterocycles. The molecule has 25 heavy (non-hydrogen) atoms. The van der Waals surface area contributed by atoms with Crippen molar-refractivity contribution in [2.75, 3.05) is 32.0 Å². The topological polar surface area (TPSA) is 56.7 Å². The monoisotopic (exact) mass is 337 g/mol.